The summed E-state index contributed by atoms with van der Waals surface area (Å²) in [4.78, 5) is 4.12. The van der Waals surface area contributed by atoms with Crippen LogP contribution >= 0.6 is 0 Å². The molecule has 0 saturated heterocycles. The van der Waals surface area contributed by atoms with Gasteiger partial charge in [-0.2, -0.15) is 6.20 Å². The monoisotopic (exact) mass is 371 g/mol. The number of benzene rings is 1. The van der Waals surface area contributed by atoms with Crippen molar-refractivity contribution >= 4 is 10.9 Å². The Balaban J connectivity index is 0. The summed E-state index contributed by atoms with van der Waals surface area (Å²) in [5.41, 5.74) is 1.08. The summed E-state index contributed by atoms with van der Waals surface area (Å²) in [6.07, 6.45) is 1.82. The Kier molecular flexibility index (Phi) is 11.3. The second-order valence-electron chi connectivity index (χ2n) is 5.13. The summed E-state index contributed by atoms with van der Waals surface area (Å²) in [6.45, 7) is 11.0. The van der Waals surface area contributed by atoms with Crippen LogP contribution in [-0.4, -0.2) is 0 Å². The topological polar surface area (TPSA) is 14.1 Å². The van der Waals surface area contributed by atoms with Gasteiger partial charge in [-0.25, -0.2) is 0 Å². The largest absolute Gasteiger partial charge is 4.00 e. The number of hydrogen-bond donors (Lipinski definition) is 0. The minimum absolute atomic E-state index is 0. The number of nitrogens with zero attached hydrogens (tertiary/aromatic N) is 1. The first-order chi connectivity index (χ1) is 9.02. The van der Waals surface area contributed by atoms with E-state index in [1.165, 1.54) is 35.0 Å². The number of rotatable bonds is 0. The Morgan fingerprint density at radius 1 is 0.636 bits per heavy atom. The smallest absolute Gasteiger partial charge is 0.664 e. The molecular formula is C20H27NZr+. The first-order valence-corrected chi connectivity index (χ1v) is 6.68. The number of para-hydroxylation sites is 1. The van der Waals surface area contributed by atoms with Gasteiger partial charge in [0.1, 0.15) is 0 Å². The molecule has 0 N–H and O–H groups in total. The van der Waals surface area contributed by atoms with Crippen LogP contribution in [0.3, 0.4) is 0 Å². The molecule has 5 radical (unpaired) electrons. The van der Waals surface area contributed by atoms with Gasteiger partial charge in [-0.3, -0.25) is 0 Å². The van der Waals surface area contributed by atoms with Crippen molar-refractivity contribution in [2.45, 2.75) is 34.6 Å². The molecule has 3 rings (SSSR count). The Morgan fingerprint density at radius 2 is 1.05 bits per heavy atom. The van der Waals surface area contributed by atoms with E-state index in [0.717, 1.165) is 5.52 Å². The van der Waals surface area contributed by atoms with Crippen molar-refractivity contribution in [1.82, 2.24) is 4.98 Å². The summed E-state index contributed by atoms with van der Waals surface area (Å²) in [5.74, 6) is 7.34. The van der Waals surface area contributed by atoms with E-state index >= 15 is 0 Å². The van der Waals surface area contributed by atoms with Crippen LogP contribution in [0.2, 0.25) is 0 Å². The van der Waals surface area contributed by atoms with Crippen molar-refractivity contribution in [1.29, 1.82) is 0 Å². The van der Waals surface area contributed by atoms with Gasteiger partial charge in [0.2, 0.25) is 0 Å². The standard InChI is InChI=1S/C10H15.C8H6N.2CH3.Zr/c1-6-7(2)9(4)10(5)8(6)3;1-2-4-8-7(3-1)5-6-9-8;;;/h1-5H3;1-6H;2*1H3;/q;3*-1;+4. The molecule has 0 amide bonds. The molecule has 2 aromatic rings. The van der Waals surface area contributed by atoms with Crippen LogP contribution in [0.1, 0.15) is 34.6 Å². The minimum Gasteiger partial charge on any atom is -0.664 e. The molecule has 1 fully saturated rings. The summed E-state index contributed by atoms with van der Waals surface area (Å²) >= 11 is 0. The molecule has 1 heterocycles. The van der Waals surface area contributed by atoms with Crippen LogP contribution in [0.5, 0.6) is 0 Å². The van der Waals surface area contributed by atoms with Gasteiger partial charge in [0.05, 0.1) is 0 Å². The summed E-state index contributed by atoms with van der Waals surface area (Å²) in [7, 11) is 0. The predicted molar refractivity (Wildman–Crippen MR) is 94.7 cm³/mol. The van der Waals surface area contributed by atoms with E-state index in [9.17, 15) is 0 Å². The molecule has 1 aliphatic rings. The minimum atomic E-state index is 0. The first-order valence-electron chi connectivity index (χ1n) is 6.68. The Bertz CT molecular complexity index is 444. The molecule has 0 bridgehead atoms. The summed E-state index contributed by atoms with van der Waals surface area (Å²) in [6, 6.07) is 10.1. The number of aromatic nitrogens is 1. The average molecular weight is 373 g/mol. The van der Waals surface area contributed by atoms with Gasteiger partial charge >= 0.3 is 26.2 Å². The van der Waals surface area contributed by atoms with Gasteiger partial charge in [0, 0.05) is 0 Å². The fraction of sp³-hybridized carbons (Fsp3) is 0.250. The summed E-state index contributed by atoms with van der Waals surface area (Å²) < 4.78 is 0. The molecule has 1 aromatic heterocycles. The normalized spacial score (nSPS) is 17.1. The van der Waals surface area contributed by atoms with Gasteiger partial charge < -0.3 is 19.8 Å². The van der Waals surface area contributed by atoms with Crippen molar-refractivity contribution in [3.05, 3.63) is 81.0 Å². The van der Waals surface area contributed by atoms with Crippen LogP contribution in [0.4, 0.5) is 0 Å². The van der Waals surface area contributed by atoms with E-state index in [-0.39, 0.29) is 41.1 Å². The van der Waals surface area contributed by atoms with E-state index in [1.54, 1.807) is 0 Å². The molecule has 1 nitrogen and oxygen atoms in total. The molecule has 22 heavy (non-hydrogen) atoms. The first kappa shape index (κ1) is 23.9. The fourth-order valence-corrected chi connectivity index (χ4v) is 2.35. The molecule has 1 aromatic carbocycles. The SMILES string of the molecule is C[C]1[C](C)[C](C)[C](C)[C]1C.[CH3-].[CH3-].[Zr+4].c1ccc2[n-]ccc2c1. The predicted octanol–water partition coefficient (Wildman–Crippen LogP) is 5.67. The van der Waals surface area contributed by atoms with Crippen molar-refractivity contribution in [3.63, 3.8) is 0 Å². The second kappa shape index (κ2) is 10.4. The Hall–Kier alpha value is -0.357. The molecule has 1 aliphatic carbocycles. The van der Waals surface area contributed by atoms with Crippen molar-refractivity contribution in [3.8, 4) is 0 Å². The van der Waals surface area contributed by atoms with Crippen molar-refractivity contribution in [2.24, 2.45) is 0 Å². The van der Waals surface area contributed by atoms with Crippen LogP contribution < -0.4 is 4.98 Å². The second-order valence-corrected chi connectivity index (χ2v) is 5.13. The molecule has 0 atom stereocenters. The zero-order valence-corrected chi connectivity index (χ0v) is 17.4. The van der Waals surface area contributed by atoms with Crippen molar-refractivity contribution in [2.75, 3.05) is 0 Å². The molecule has 0 unspecified atom stereocenters. The molecular weight excluding hydrogens is 345 g/mol. The zero-order valence-electron chi connectivity index (χ0n) is 14.9. The van der Waals surface area contributed by atoms with Crippen LogP contribution in [0, 0.1) is 44.4 Å². The molecule has 0 spiro atoms. The third kappa shape index (κ3) is 5.08. The fourth-order valence-electron chi connectivity index (χ4n) is 2.35. The Morgan fingerprint density at radius 3 is 1.45 bits per heavy atom. The molecule has 0 aliphatic heterocycles. The maximum absolute atomic E-state index is 4.12. The summed E-state index contributed by atoms with van der Waals surface area (Å²) in [5, 5.41) is 1.22. The maximum atomic E-state index is 4.12. The van der Waals surface area contributed by atoms with Gasteiger partial charge in [-0.05, 0) is 35.0 Å². The van der Waals surface area contributed by atoms with Crippen LogP contribution in [-0.2, 0) is 26.2 Å². The Labute approximate surface area is 157 Å². The zero-order chi connectivity index (χ0) is 14.0. The molecule has 1 saturated carbocycles. The molecule has 115 valence electrons. The third-order valence-corrected chi connectivity index (χ3v) is 4.22. The number of hydrogen-bond acceptors (Lipinski definition) is 0. The van der Waals surface area contributed by atoms with E-state index in [0.29, 0.717) is 0 Å². The van der Waals surface area contributed by atoms with Gasteiger partial charge in [-0.15, -0.1) is 5.52 Å². The average Bonchev–Trinajstić information content (AvgIpc) is 2.97. The quantitative estimate of drug-likeness (QED) is 0.544. The maximum Gasteiger partial charge on any atom is 4.00 e. The van der Waals surface area contributed by atoms with Crippen LogP contribution in [0.25, 0.3) is 10.9 Å². The van der Waals surface area contributed by atoms with E-state index in [1.807, 2.05) is 30.5 Å². The van der Waals surface area contributed by atoms with E-state index < -0.39 is 0 Å². The number of fused-ring (bicyclic) bond motifs is 1. The van der Waals surface area contributed by atoms with E-state index in [2.05, 4.69) is 45.7 Å². The third-order valence-electron chi connectivity index (χ3n) is 4.22. The van der Waals surface area contributed by atoms with Gasteiger partial charge in [0.25, 0.3) is 0 Å². The van der Waals surface area contributed by atoms with Gasteiger partial charge in [0.15, 0.2) is 0 Å². The molecule has 2 heteroatoms. The van der Waals surface area contributed by atoms with Crippen molar-refractivity contribution < 1.29 is 26.2 Å². The van der Waals surface area contributed by atoms with Gasteiger partial charge in [-0.1, -0.05) is 65.0 Å². The van der Waals surface area contributed by atoms with Crippen LogP contribution in [0.15, 0.2) is 36.5 Å². The van der Waals surface area contributed by atoms with E-state index in [4.69, 9.17) is 0 Å².